The number of benzene rings is 3. The fraction of sp³-hybridized carbons (Fsp3) is 0.136. The van der Waals surface area contributed by atoms with Gasteiger partial charge in [-0.2, -0.15) is 0 Å². The molecule has 1 N–H and O–H groups in total. The van der Waals surface area contributed by atoms with Crippen LogP contribution in [-0.4, -0.2) is 26.4 Å². The van der Waals surface area contributed by atoms with E-state index in [-0.39, 0.29) is 11.7 Å². The molecular formula is C22H20N4OS. The van der Waals surface area contributed by atoms with E-state index in [1.165, 1.54) is 17.3 Å². The van der Waals surface area contributed by atoms with Crippen LogP contribution in [0.15, 0.2) is 72.1 Å². The molecule has 0 aliphatic rings. The lowest BCUT2D eigenvalue weighted by Gasteiger charge is -2.11. The maximum Gasteiger partial charge on any atom is 0.234 e. The molecule has 6 heteroatoms. The van der Waals surface area contributed by atoms with Gasteiger partial charge >= 0.3 is 0 Å². The average Bonchev–Trinajstić information content (AvgIpc) is 3.15. The van der Waals surface area contributed by atoms with Gasteiger partial charge in [0.15, 0.2) is 5.16 Å². The molecule has 0 atom stereocenters. The second-order valence-electron chi connectivity index (χ2n) is 6.64. The predicted octanol–water partition coefficient (Wildman–Crippen LogP) is 4.77. The largest absolute Gasteiger partial charge is 0.325 e. The zero-order valence-corrected chi connectivity index (χ0v) is 16.5. The fourth-order valence-corrected chi connectivity index (χ4v) is 3.94. The Morgan fingerprint density at radius 2 is 1.89 bits per heavy atom. The smallest absolute Gasteiger partial charge is 0.234 e. The quantitative estimate of drug-likeness (QED) is 0.501. The van der Waals surface area contributed by atoms with Crippen LogP contribution >= 0.6 is 11.8 Å². The van der Waals surface area contributed by atoms with Gasteiger partial charge in [-0.3, -0.25) is 9.36 Å². The molecule has 1 aromatic heterocycles. The molecule has 5 nitrogen and oxygen atoms in total. The van der Waals surface area contributed by atoms with Crippen molar-refractivity contribution in [2.45, 2.75) is 19.0 Å². The maximum absolute atomic E-state index is 12.5. The van der Waals surface area contributed by atoms with Gasteiger partial charge in [-0.1, -0.05) is 65.9 Å². The molecule has 0 aliphatic heterocycles. The first-order valence-electron chi connectivity index (χ1n) is 9.00. The van der Waals surface area contributed by atoms with Crippen molar-refractivity contribution in [3.05, 3.63) is 78.1 Å². The van der Waals surface area contributed by atoms with Crippen molar-refractivity contribution in [2.75, 3.05) is 11.1 Å². The molecule has 4 rings (SSSR count). The number of amides is 1. The summed E-state index contributed by atoms with van der Waals surface area (Å²) >= 11 is 1.37. The Morgan fingerprint density at radius 3 is 2.75 bits per heavy atom. The number of nitrogens with zero attached hydrogens (tertiary/aromatic N) is 3. The number of nitrogens with one attached hydrogen (secondary N) is 1. The van der Waals surface area contributed by atoms with E-state index < -0.39 is 0 Å². The van der Waals surface area contributed by atoms with Crippen molar-refractivity contribution in [3.63, 3.8) is 0 Å². The highest BCUT2D eigenvalue weighted by Crippen LogP contribution is 2.25. The molecule has 1 amide bonds. The van der Waals surface area contributed by atoms with Crippen LogP contribution in [-0.2, 0) is 4.79 Å². The minimum absolute atomic E-state index is 0.0727. The summed E-state index contributed by atoms with van der Waals surface area (Å²) in [5, 5.41) is 14.0. The molecular weight excluding hydrogens is 368 g/mol. The summed E-state index contributed by atoms with van der Waals surface area (Å²) in [6.45, 7) is 4.13. The second kappa shape index (κ2) is 7.86. The van der Waals surface area contributed by atoms with Crippen LogP contribution in [0.3, 0.4) is 0 Å². The van der Waals surface area contributed by atoms with Crippen molar-refractivity contribution in [1.82, 2.24) is 14.8 Å². The molecule has 0 spiro atoms. The monoisotopic (exact) mass is 388 g/mol. The van der Waals surface area contributed by atoms with Gasteiger partial charge in [-0.25, -0.2) is 0 Å². The minimum Gasteiger partial charge on any atom is -0.325 e. The van der Waals surface area contributed by atoms with E-state index in [2.05, 4.69) is 41.5 Å². The van der Waals surface area contributed by atoms with Crippen LogP contribution < -0.4 is 5.32 Å². The van der Waals surface area contributed by atoms with E-state index in [0.717, 1.165) is 27.7 Å². The lowest BCUT2D eigenvalue weighted by Crippen LogP contribution is -2.14. The van der Waals surface area contributed by atoms with Crippen LogP contribution in [0.2, 0.25) is 0 Å². The van der Waals surface area contributed by atoms with Crippen molar-refractivity contribution >= 4 is 34.1 Å². The topological polar surface area (TPSA) is 59.8 Å². The third-order valence-corrected chi connectivity index (χ3v) is 5.47. The highest BCUT2D eigenvalue weighted by molar-refractivity contribution is 7.99. The van der Waals surface area contributed by atoms with Gasteiger partial charge in [0, 0.05) is 11.1 Å². The number of aryl methyl sites for hydroxylation is 2. The minimum atomic E-state index is -0.0727. The Labute approximate surface area is 167 Å². The summed E-state index contributed by atoms with van der Waals surface area (Å²) in [6.07, 6.45) is 1.68. The highest BCUT2D eigenvalue weighted by Gasteiger charge is 2.12. The normalized spacial score (nSPS) is 10.9. The third kappa shape index (κ3) is 3.77. The van der Waals surface area contributed by atoms with Gasteiger partial charge in [-0.05, 0) is 36.9 Å². The van der Waals surface area contributed by atoms with Gasteiger partial charge in [0.05, 0.1) is 11.4 Å². The Balaban J connectivity index is 1.48. The van der Waals surface area contributed by atoms with Crippen LogP contribution in [0, 0.1) is 13.8 Å². The summed E-state index contributed by atoms with van der Waals surface area (Å²) in [6, 6.07) is 20.1. The van der Waals surface area contributed by atoms with Gasteiger partial charge in [0.2, 0.25) is 5.91 Å². The first kappa shape index (κ1) is 18.3. The zero-order valence-electron chi connectivity index (χ0n) is 15.7. The van der Waals surface area contributed by atoms with Crippen molar-refractivity contribution in [2.24, 2.45) is 0 Å². The van der Waals surface area contributed by atoms with Crippen molar-refractivity contribution < 1.29 is 4.79 Å². The van der Waals surface area contributed by atoms with E-state index in [0.29, 0.717) is 5.16 Å². The van der Waals surface area contributed by atoms with E-state index >= 15 is 0 Å². The van der Waals surface area contributed by atoms with Gasteiger partial charge in [-0.15, -0.1) is 10.2 Å². The molecule has 140 valence electrons. The second-order valence-corrected chi connectivity index (χ2v) is 7.58. The summed E-state index contributed by atoms with van der Waals surface area (Å²) in [5.41, 5.74) is 4.19. The number of aromatic nitrogens is 3. The number of anilines is 1. The molecule has 0 saturated heterocycles. The molecule has 28 heavy (non-hydrogen) atoms. The number of thioether (sulfide) groups is 1. The number of hydrogen-bond donors (Lipinski definition) is 1. The van der Waals surface area contributed by atoms with Gasteiger partial charge in [0.1, 0.15) is 6.33 Å². The Hall–Kier alpha value is -3.12. The van der Waals surface area contributed by atoms with E-state index in [1.807, 2.05) is 53.1 Å². The lowest BCUT2D eigenvalue weighted by atomic mass is 10.1. The molecule has 0 unspecified atom stereocenters. The Kier molecular flexibility index (Phi) is 5.12. The van der Waals surface area contributed by atoms with Crippen LogP contribution in [0.5, 0.6) is 0 Å². The fourth-order valence-electron chi connectivity index (χ4n) is 3.21. The summed E-state index contributed by atoms with van der Waals surface area (Å²) in [4.78, 5) is 12.5. The molecule has 0 saturated carbocycles. The Morgan fingerprint density at radius 1 is 1.07 bits per heavy atom. The predicted molar refractivity (Wildman–Crippen MR) is 114 cm³/mol. The van der Waals surface area contributed by atoms with Crippen LogP contribution in [0.4, 0.5) is 5.69 Å². The number of rotatable bonds is 5. The molecule has 0 fully saturated rings. The van der Waals surface area contributed by atoms with Crippen molar-refractivity contribution in [1.29, 1.82) is 0 Å². The average molecular weight is 388 g/mol. The maximum atomic E-state index is 12.5. The summed E-state index contributed by atoms with van der Waals surface area (Å²) in [7, 11) is 0. The number of carbonyl (C=O) groups excluding carboxylic acids is 1. The molecule has 0 radical (unpaired) electrons. The molecule has 4 aromatic rings. The third-order valence-electron chi connectivity index (χ3n) is 4.52. The van der Waals surface area contributed by atoms with E-state index in [9.17, 15) is 4.79 Å². The number of fused-ring (bicyclic) bond motifs is 1. The summed E-state index contributed by atoms with van der Waals surface area (Å²) in [5.74, 6) is 0.184. The van der Waals surface area contributed by atoms with E-state index in [4.69, 9.17) is 0 Å². The van der Waals surface area contributed by atoms with Gasteiger partial charge < -0.3 is 5.32 Å². The molecule has 3 aromatic carbocycles. The van der Waals surface area contributed by atoms with Crippen molar-refractivity contribution in [3.8, 4) is 5.69 Å². The number of hydrogen-bond acceptors (Lipinski definition) is 4. The standard InChI is InChI=1S/C22H20N4OS/c1-15-10-11-20(16(2)12-15)26-14-23-25-22(26)28-13-21(27)24-19-9-5-7-17-6-3-4-8-18(17)19/h3-12,14H,13H2,1-2H3,(H,24,27). The van der Waals surface area contributed by atoms with Crippen LogP contribution in [0.1, 0.15) is 11.1 Å². The van der Waals surface area contributed by atoms with E-state index in [1.54, 1.807) is 6.33 Å². The highest BCUT2D eigenvalue weighted by atomic mass is 32.2. The Bertz CT molecular complexity index is 1150. The number of carbonyl (C=O) groups is 1. The zero-order chi connectivity index (χ0) is 19.5. The SMILES string of the molecule is Cc1ccc(-n2cnnc2SCC(=O)Nc2cccc3ccccc23)c(C)c1. The molecule has 0 aliphatic carbocycles. The van der Waals surface area contributed by atoms with Gasteiger partial charge in [0.25, 0.3) is 0 Å². The first-order valence-corrected chi connectivity index (χ1v) is 9.98. The first-order chi connectivity index (χ1) is 13.6. The van der Waals surface area contributed by atoms with Crippen LogP contribution in [0.25, 0.3) is 16.5 Å². The summed E-state index contributed by atoms with van der Waals surface area (Å²) < 4.78 is 1.92. The lowest BCUT2D eigenvalue weighted by molar-refractivity contribution is -0.113. The molecule has 1 heterocycles. The molecule has 0 bridgehead atoms.